The predicted molar refractivity (Wildman–Crippen MR) is 124 cm³/mol. The smallest absolute Gasteiger partial charge is 0.325 e. The summed E-state index contributed by atoms with van der Waals surface area (Å²) in [6, 6.07) is 4.53. The van der Waals surface area contributed by atoms with Gasteiger partial charge >= 0.3 is 11.9 Å². The van der Waals surface area contributed by atoms with Crippen LogP contribution in [-0.2, 0) is 14.4 Å². The third-order valence-corrected chi connectivity index (χ3v) is 6.82. The van der Waals surface area contributed by atoms with Crippen LogP contribution in [0.3, 0.4) is 0 Å². The van der Waals surface area contributed by atoms with Gasteiger partial charge in [-0.15, -0.1) is 0 Å². The third kappa shape index (κ3) is 4.79. The summed E-state index contributed by atoms with van der Waals surface area (Å²) in [5.74, 6) is -3.62. The Kier molecular flexibility index (Phi) is 6.80. The average Bonchev–Trinajstić information content (AvgIpc) is 3.22. The van der Waals surface area contributed by atoms with Crippen molar-refractivity contribution in [1.82, 2.24) is 14.8 Å². The molecule has 33 heavy (non-hydrogen) atoms. The summed E-state index contributed by atoms with van der Waals surface area (Å²) in [7, 11) is 0. The number of fused-ring (bicyclic) bond motifs is 1. The van der Waals surface area contributed by atoms with Gasteiger partial charge in [-0.1, -0.05) is 19.1 Å². The van der Waals surface area contributed by atoms with Crippen LogP contribution in [0.4, 0.5) is 5.69 Å². The van der Waals surface area contributed by atoms with E-state index in [2.05, 4.69) is 22.1 Å². The van der Waals surface area contributed by atoms with E-state index >= 15 is 0 Å². The number of aromatic nitrogens is 1. The summed E-state index contributed by atoms with van der Waals surface area (Å²) in [4.78, 5) is 44.1. The van der Waals surface area contributed by atoms with Crippen LogP contribution >= 0.6 is 0 Å². The molecule has 0 spiro atoms. The Morgan fingerprint density at radius 1 is 1.09 bits per heavy atom. The van der Waals surface area contributed by atoms with E-state index in [4.69, 9.17) is 0 Å². The molecule has 1 fully saturated rings. The van der Waals surface area contributed by atoms with Crippen LogP contribution < -0.4 is 5.32 Å². The first-order valence-corrected chi connectivity index (χ1v) is 11.4. The number of anilines is 1. The highest BCUT2D eigenvalue weighted by atomic mass is 16.4. The van der Waals surface area contributed by atoms with Crippen molar-refractivity contribution in [2.24, 2.45) is 11.8 Å². The SMILES string of the molecule is CCN1CCN([C@@H](C(=O)O)c2c[nH]c3ccc(NC(=O)[C@H]4CC=CC[C@@H]4C(=O)O)cc23)CC1. The second kappa shape index (κ2) is 9.76. The zero-order valence-corrected chi connectivity index (χ0v) is 18.7. The molecular weight excluding hydrogens is 424 g/mol. The molecule has 1 aromatic heterocycles. The maximum atomic E-state index is 12.9. The fourth-order valence-electron chi connectivity index (χ4n) is 4.88. The predicted octanol–water partition coefficient (Wildman–Crippen LogP) is 2.54. The Hall–Kier alpha value is -3.17. The number of piperazine rings is 1. The van der Waals surface area contributed by atoms with E-state index in [0.29, 0.717) is 37.2 Å². The molecule has 1 aliphatic heterocycles. The average molecular weight is 455 g/mol. The van der Waals surface area contributed by atoms with Crippen molar-refractivity contribution in [3.8, 4) is 0 Å². The monoisotopic (exact) mass is 454 g/mol. The molecule has 0 saturated carbocycles. The van der Waals surface area contributed by atoms with Crippen molar-refractivity contribution >= 4 is 34.4 Å². The molecule has 176 valence electrons. The van der Waals surface area contributed by atoms with Gasteiger partial charge in [-0.25, -0.2) is 0 Å². The van der Waals surface area contributed by atoms with E-state index in [0.717, 1.165) is 30.5 Å². The van der Waals surface area contributed by atoms with Crippen molar-refractivity contribution in [1.29, 1.82) is 0 Å². The minimum absolute atomic E-state index is 0.333. The van der Waals surface area contributed by atoms with Crippen molar-refractivity contribution in [2.75, 3.05) is 38.0 Å². The number of benzene rings is 1. The second-order valence-electron chi connectivity index (χ2n) is 8.70. The van der Waals surface area contributed by atoms with E-state index in [1.54, 1.807) is 30.5 Å². The molecule has 1 aromatic carbocycles. The van der Waals surface area contributed by atoms with Crippen LogP contribution in [0, 0.1) is 11.8 Å². The molecule has 4 rings (SSSR count). The van der Waals surface area contributed by atoms with Crippen LogP contribution in [0.2, 0.25) is 0 Å². The lowest BCUT2D eigenvalue weighted by atomic mass is 9.82. The number of H-pyrrole nitrogens is 1. The number of carbonyl (C=O) groups excluding carboxylic acids is 1. The van der Waals surface area contributed by atoms with Crippen LogP contribution in [0.25, 0.3) is 10.9 Å². The minimum Gasteiger partial charge on any atom is -0.481 e. The maximum Gasteiger partial charge on any atom is 0.325 e. The van der Waals surface area contributed by atoms with Crippen molar-refractivity contribution in [3.63, 3.8) is 0 Å². The molecule has 1 saturated heterocycles. The number of carbonyl (C=O) groups is 3. The maximum absolute atomic E-state index is 12.9. The number of hydrogen-bond donors (Lipinski definition) is 4. The van der Waals surface area contributed by atoms with E-state index in [9.17, 15) is 24.6 Å². The first-order chi connectivity index (χ1) is 15.9. The molecule has 2 aliphatic rings. The van der Waals surface area contributed by atoms with E-state index in [-0.39, 0.29) is 5.91 Å². The number of likely N-dealkylation sites (N-methyl/N-ethyl adjacent to an activating group) is 1. The number of allylic oxidation sites excluding steroid dienone is 2. The molecule has 1 aliphatic carbocycles. The Labute approximate surface area is 192 Å². The Bertz CT molecular complexity index is 1070. The van der Waals surface area contributed by atoms with Gasteiger partial charge < -0.3 is 25.4 Å². The van der Waals surface area contributed by atoms with Crippen molar-refractivity contribution < 1.29 is 24.6 Å². The Balaban J connectivity index is 1.58. The number of hydrogen-bond acceptors (Lipinski definition) is 5. The minimum atomic E-state index is -0.977. The van der Waals surface area contributed by atoms with E-state index in [1.165, 1.54) is 0 Å². The number of carboxylic acid groups (broad SMARTS) is 2. The molecule has 0 unspecified atom stereocenters. The highest BCUT2D eigenvalue weighted by Gasteiger charge is 2.34. The van der Waals surface area contributed by atoms with Crippen LogP contribution in [0.1, 0.15) is 31.4 Å². The molecular formula is C24H30N4O5. The summed E-state index contributed by atoms with van der Waals surface area (Å²) in [5, 5.41) is 23.1. The van der Waals surface area contributed by atoms with Crippen LogP contribution in [0.5, 0.6) is 0 Å². The quantitative estimate of drug-likeness (QED) is 0.474. The lowest BCUT2D eigenvalue weighted by molar-refractivity contribution is -0.146. The number of aliphatic carboxylic acids is 2. The summed E-state index contributed by atoms with van der Waals surface area (Å²) < 4.78 is 0. The summed E-state index contributed by atoms with van der Waals surface area (Å²) in [5.41, 5.74) is 1.96. The molecule has 1 amide bonds. The molecule has 9 nitrogen and oxygen atoms in total. The van der Waals surface area contributed by atoms with Gasteiger partial charge in [-0.05, 0) is 37.6 Å². The first kappa shape index (κ1) is 23.0. The zero-order valence-electron chi connectivity index (χ0n) is 18.7. The lowest BCUT2D eigenvalue weighted by Crippen LogP contribution is -2.49. The fraction of sp³-hybridized carbons (Fsp3) is 0.458. The Morgan fingerprint density at radius 3 is 2.42 bits per heavy atom. The van der Waals surface area contributed by atoms with Crippen molar-refractivity contribution in [2.45, 2.75) is 25.8 Å². The summed E-state index contributed by atoms with van der Waals surface area (Å²) in [6.45, 7) is 6.03. The van der Waals surface area contributed by atoms with Gasteiger partial charge in [0, 0.05) is 54.5 Å². The number of nitrogens with one attached hydrogen (secondary N) is 2. The molecule has 9 heteroatoms. The molecule has 2 aromatic rings. The lowest BCUT2D eigenvalue weighted by Gasteiger charge is -2.37. The topological polar surface area (TPSA) is 126 Å². The summed E-state index contributed by atoms with van der Waals surface area (Å²) in [6.07, 6.45) is 6.08. The third-order valence-electron chi connectivity index (χ3n) is 6.82. The van der Waals surface area contributed by atoms with Gasteiger partial charge in [0.15, 0.2) is 0 Å². The van der Waals surface area contributed by atoms with Crippen molar-refractivity contribution in [3.05, 3.63) is 42.1 Å². The Morgan fingerprint density at radius 2 is 1.79 bits per heavy atom. The van der Waals surface area contributed by atoms with E-state index < -0.39 is 29.8 Å². The normalized spacial score (nSPS) is 22.8. The highest BCUT2D eigenvalue weighted by Crippen LogP contribution is 2.32. The van der Waals surface area contributed by atoms with Crippen LogP contribution in [-0.4, -0.2) is 75.6 Å². The van der Waals surface area contributed by atoms with Gasteiger partial charge in [0.1, 0.15) is 6.04 Å². The number of rotatable bonds is 7. The number of nitrogens with zero attached hydrogens (tertiary/aromatic N) is 2. The number of carboxylic acids is 2. The second-order valence-corrected chi connectivity index (χ2v) is 8.70. The van der Waals surface area contributed by atoms with E-state index in [1.807, 2.05) is 11.0 Å². The standard InChI is InChI=1S/C24H30N4O5/c1-2-27-9-11-28(12-10-27)21(24(32)33)19-14-25-20-8-7-15(13-18(19)20)26-22(29)16-5-3-4-6-17(16)23(30)31/h3-4,7-8,13-14,16-17,21,25H,2,5-6,9-12H2,1H3,(H,26,29)(H,30,31)(H,32,33)/t16-,17-,21+/m0/s1. The molecule has 0 radical (unpaired) electrons. The molecule has 4 N–H and O–H groups in total. The van der Waals surface area contributed by atoms with Gasteiger partial charge in [-0.2, -0.15) is 0 Å². The number of aromatic amines is 1. The number of amides is 1. The fourth-order valence-corrected chi connectivity index (χ4v) is 4.88. The molecule has 0 bridgehead atoms. The van der Waals surface area contributed by atoms with Gasteiger partial charge in [-0.3, -0.25) is 19.3 Å². The highest BCUT2D eigenvalue weighted by molar-refractivity contribution is 5.98. The van der Waals surface area contributed by atoms with Gasteiger partial charge in [0.2, 0.25) is 5.91 Å². The van der Waals surface area contributed by atoms with Crippen LogP contribution in [0.15, 0.2) is 36.5 Å². The molecule has 2 heterocycles. The van der Waals surface area contributed by atoms with Gasteiger partial charge in [0.05, 0.1) is 11.8 Å². The van der Waals surface area contributed by atoms with Gasteiger partial charge in [0.25, 0.3) is 0 Å². The first-order valence-electron chi connectivity index (χ1n) is 11.4. The zero-order chi connectivity index (χ0) is 23.5. The largest absolute Gasteiger partial charge is 0.481 e. The summed E-state index contributed by atoms with van der Waals surface area (Å²) >= 11 is 0. The molecule has 3 atom stereocenters.